The normalized spacial score (nSPS) is 10.7. The van der Waals surface area contributed by atoms with E-state index in [-0.39, 0.29) is 12.0 Å². The Morgan fingerprint density at radius 2 is 2.26 bits per heavy atom. The van der Waals surface area contributed by atoms with Crippen molar-refractivity contribution in [1.29, 1.82) is 5.26 Å². The average Bonchev–Trinajstić information content (AvgIpc) is 2.94. The van der Waals surface area contributed by atoms with Gasteiger partial charge in [-0.2, -0.15) is 9.94 Å². The summed E-state index contributed by atoms with van der Waals surface area (Å²) in [6.45, 7) is 1.79. The number of H-pyrrole nitrogens is 1. The number of rotatable bonds is 2. The number of para-hydroxylation sites is 1. The lowest BCUT2D eigenvalue weighted by Gasteiger charge is -1.92. The van der Waals surface area contributed by atoms with E-state index in [0.717, 1.165) is 10.2 Å². The Bertz CT molecular complexity index is 817. The van der Waals surface area contributed by atoms with Gasteiger partial charge in [-0.3, -0.25) is 9.89 Å². The summed E-state index contributed by atoms with van der Waals surface area (Å²) in [7, 11) is 0. The summed E-state index contributed by atoms with van der Waals surface area (Å²) < 4.78 is 2.44. The zero-order chi connectivity index (χ0) is 13.4. The smallest absolute Gasteiger partial charge is 0.277 e. The molecule has 1 aromatic carbocycles. The van der Waals surface area contributed by atoms with E-state index in [1.807, 2.05) is 30.3 Å². The summed E-state index contributed by atoms with van der Waals surface area (Å²) in [5.41, 5.74) is 1.88. The summed E-state index contributed by atoms with van der Waals surface area (Å²) in [5.74, 6) is 0. The molecule has 19 heavy (non-hydrogen) atoms. The van der Waals surface area contributed by atoms with Crippen molar-refractivity contribution in [2.45, 2.75) is 13.3 Å². The number of aromatic amines is 1. The molecule has 0 aliphatic rings. The molecular weight excluding hydrogens is 260 g/mol. The largest absolute Gasteiger partial charge is 0.293 e. The molecule has 0 aliphatic carbocycles. The summed E-state index contributed by atoms with van der Waals surface area (Å²) in [6, 6.07) is 9.73. The van der Waals surface area contributed by atoms with Crippen LogP contribution in [0, 0.1) is 18.3 Å². The van der Waals surface area contributed by atoms with Gasteiger partial charge in [-0.15, -0.1) is 0 Å². The van der Waals surface area contributed by atoms with Gasteiger partial charge in [0.15, 0.2) is 0 Å². The van der Waals surface area contributed by atoms with Gasteiger partial charge in [-0.05, 0) is 19.1 Å². The van der Waals surface area contributed by atoms with Gasteiger partial charge in [0.25, 0.3) is 5.56 Å². The third kappa shape index (κ3) is 1.84. The molecule has 0 saturated carbocycles. The number of benzene rings is 1. The van der Waals surface area contributed by atoms with Crippen LogP contribution in [0.25, 0.3) is 15.3 Å². The molecule has 0 unspecified atom stereocenters. The predicted octanol–water partition coefficient (Wildman–Crippen LogP) is 2.15. The molecule has 0 aliphatic heterocycles. The van der Waals surface area contributed by atoms with Gasteiger partial charge in [-0.25, -0.2) is 4.98 Å². The van der Waals surface area contributed by atoms with Gasteiger partial charge in [-0.1, -0.05) is 23.5 Å². The molecule has 0 fully saturated rings. The lowest BCUT2D eigenvalue weighted by Crippen LogP contribution is -2.16. The summed E-state index contributed by atoms with van der Waals surface area (Å²) >= 11 is 1.44. The highest BCUT2D eigenvalue weighted by Gasteiger charge is 2.14. The molecule has 3 aromatic rings. The number of fused-ring (bicyclic) bond motifs is 1. The molecule has 0 saturated heterocycles. The van der Waals surface area contributed by atoms with Crippen molar-refractivity contribution in [3.05, 3.63) is 45.9 Å². The van der Waals surface area contributed by atoms with Crippen LogP contribution >= 0.6 is 11.3 Å². The summed E-state index contributed by atoms with van der Waals surface area (Å²) in [5, 5.41) is 12.3. The fraction of sp³-hybridized carbons (Fsp3) is 0.154. The van der Waals surface area contributed by atoms with Crippen molar-refractivity contribution < 1.29 is 0 Å². The van der Waals surface area contributed by atoms with Gasteiger partial charge < -0.3 is 0 Å². The second-order valence-corrected chi connectivity index (χ2v) is 5.16. The maximum Gasteiger partial charge on any atom is 0.277 e. The van der Waals surface area contributed by atoms with Gasteiger partial charge >= 0.3 is 0 Å². The molecule has 5 nitrogen and oxygen atoms in total. The Morgan fingerprint density at radius 1 is 1.47 bits per heavy atom. The Kier molecular flexibility index (Phi) is 2.69. The molecule has 1 N–H and O–H groups in total. The first-order valence-electron chi connectivity index (χ1n) is 5.74. The molecule has 0 bridgehead atoms. The monoisotopic (exact) mass is 270 g/mol. The van der Waals surface area contributed by atoms with E-state index in [4.69, 9.17) is 5.26 Å². The minimum Gasteiger partial charge on any atom is -0.293 e. The third-order valence-electron chi connectivity index (χ3n) is 2.92. The molecule has 2 heterocycles. The third-order valence-corrected chi connectivity index (χ3v) is 3.94. The first-order chi connectivity index (χ1) is 9.20. The van der Waals surface area contributed by atoms with E-state index < -0.39 is 0 Å². The maximum atomic E-state index is 12.2. The molecule has 2 aromatic heterocycles. The number of thiazole rings is 1. The Labute approximate surface area is 112 Å². The van der Waals surface area contributed by atoms with Crippen molar-refractivity contribution in [2.75, 3.05) is 0 Å². The number of nitrogens with zero attached hydrogens (tertiary/aromatic N) is 3. The highest BCUT2D eigenvalue weighted by Crippen LogP contribution is 2.23. The van der Waals surface area contributed by atoms with E-state index in [2.05, 4.69) is 10.1 Å². The van der Waals surface area contributed by atoms with Crippen LogP contribution in [-0.4, -0.2) is 14.8 Å². The highest BCUT2D eigenvalue weighted by molar-refractivity contribution is 7.20. The highest BCUT2D eigenvalue weighted by atomic mass is 32.1. The molecule has 0 amide bonds. The second-order valence-electron chi connectivity index (χ2n) is 4.15. The Hall–Kier alpha value is -2.39. The molecule has 6 heteroatoms. The SMILES string of the molecule is Cc1[nH]n(-c2nc3ccccc3s2)c(=O)c1CC#N. The summed E-state index contributed by atoms with van der Waals surface area (Å²) in [4.78, 5) is 16.6. The number of aryl methyl sites for hydroxylation is 1. The van der Waals surface area contributed by atoms with Crippen molar-refractivity contribution in [3.8, 4) is 11.2 Å². The van der Waals surface area contributed by atoms with Gasteiger partial charge in [0, 0.05) is 5.69 Å². The quantitative estimate of drug-likeness (QED) is 0.775. The van der Waals surface area contributed by atoms with Crippen molar-refractivity contribution in [2.24, 2.45) is 0 Å². The van der Waals surface area contributed by atoms with Crippen LogP contribution in [0.15, 0.2) is 29.1 Å². The molecular formula is C13H10N4OS. The van der Waals surface area contributed by atoms with Crippen LogP contribution in [0.1, 0.15) is 11.3 Å². The topological polar surface area (TPSA) is 74.5 Å². The predicted molar refractivity (Wildman–Crippen MR) is 73.6 cm³/mol. The fourth-order valence-electron chi connectivity index (χ4n) is 1.96. The molecule has 0 radical (unpaired) electrons. The van der Waals surface area contributed by atoms with Crippen LogP contribution in [0.4, 0.5) is 0 Å². The van der Waals surface area contributed by atoms with E-state index in [1.54, 1.807) is 6.92 Å². The van der Waals surface area contributed by atoms with Gasteiger partial charge in [0.2, 0.25) is 5.13 Å². The standard InChI is InChI=1S/C13H10N4OS/c1-8-9(6-7-14)12(18)17(16-8)13-15-10-4-2-3-5-11(10)19-13/h2-5,16H,6H2,1H3. The summed E-state index contributed by atoms with van der Waals surface area (Å²) in [6.07, 6.45) is 0.110. The number of hydrogen-bond donors (Lipinski definition) is 1. The van der Waals surface area contributed by atoms with Gasteiger partial charge in [0.05, 0.1) is 28.3 Å². The maximum absolute atomic E-state index is 12.2. The van der Waals surface area contributed by atoms with Crippen LogP contribution in [0.5, 0.6) is 0 Å². The molecule has 94 valence electrons. The van der Waals surface area contributed by atoms with Crippen molar-refractivity contribution in [3.63, 3.8) is 0 Å². The first kappa shape index (κ1) is 11.7. The fourth-order valence-corrected chi connectivity index (χ4v) is 2.88. The van der Waals surface area contributed by atoms with Crippen LogP contribution in [0.3, 0.4) is 0 Å². The van der Waals surface area contributed by atoms with Crippen LogP contribution in [0.2, 0.25) is 0 Å². The van der Waals surface area contributed by atoms with Crippen LogP contribution < -0.4 is 5.56 Å². The minimum atomic E-state index is -0.196. The van der Waals surface area contributed by atoms with E-state index >= 15 is 0 Å². The lowest BCUT2D eigenvalue weighted by atomic mass is 10.2. The van der Waals surface area contributed by atoms with Gasteiger partial charge in [0.1, 0.15) is 0 Å². The van der Waals surface area contributed by atoms with Crippen molar-refractivity contribution in [1.82, 2.24) is 14.8 Å². The van der Waals surface area contributed by atoms with Crippen molar-refractivity contribution >= 4 is 21.6 Å². The Morgan fingerprint density at radius 3 is 3.00 bits per heavy atom. The molecule has 0 spiro atoms. The van der Waals surface area contributed by atoms with E-state index in [0.29, 0.717) is 16.4 Å². The number of aromatic nitrogens is 3. The zero-order valence-electron chi connectivity index (χ0n) is 10.2. The number of hydrogen-bond acceptors (Lipinski definition) is 4. The molecule has 0 atom stereocenters. The van der Waals surface area contributed by atoms with E-state index in [1.165, 1.54) is 16.0 Å². The first-order valence-corrected chi connectivity index (χ1v) is 6.55. The lowest BCUT2D eigenvalue weighted by molar-refractivity contribution is 0.828. The zero-order valence-corrected chi connectivity index (χ0v) is 11.0. The Balaban J connectivity index is 2.19. The number of nitriles is 1. The second kappa shape index (κ2) is 4.37. The van der Waals surface area contributed by atoms with E-state index in [9.17, 15) is 4.79 Å². The van der Waals surface area contributed by atoms with Crippen LogP contribution in [-0.2, 0) is 6.42 Å². The minimum absolute atomic E-state index is 0.110. The molecule has 3 rings (SSSR count). The average molecular weight is 270 g/mol. The number of nitrogens with one attached hydrogen (secondary N) is 1.